The second-order valence-electron chi connectivity index (χ2n) is 33.4. The van der Waals surface area contributed by atoms with Crippen molar-refractivity contribution in [3.8, 4) is 56.4 Å². The summed E-state index contributed by atoms with van der Waals surface area (Å²) in [5, 5.41) is 0. The zero-order valence-electron chi connectivity index (χ0n) is 65.1. The van der Waals surface area contributed by atoms with E-state index in [0.29, 0.717) is 11.8 Å². The normalized spacial score (nSPS) is 13.4. The van der Waals surface area contributed by atoms with E-state index in [4.69, 9.17) is 4.98 Å². The highest BCUT2D eigenvalue weighted by molar-refractivity contribution is 5.72. The minimum atomic E-state index is -0.0257. The molecule has 1 aliphatic rings. The van der Waals surface area contributed by atoms with Crippen LogP contribution in [0.2, 0.25) is 0 Å². The average molecular weight is 1310 g/mol. The summed E-state index contributed by atoms with van der Waals surface area (Å²) in [5.41, 5.74) is 29.7. The zero-order chi connectivity index (χ0) is 72.1. The van der Waals surface area contributed by atoms with E-state index in [1.54, 1.807) is 0 Å². The molecule has 98 heavy (non-hydrogen) atoms. The molecule has 5 heterocycles. The van der Waals surface area contributed by atoms with Gasteiger partial charge in [-0.25, -0.2) is 19.1 Å². The van der Waals surface area contributed by atoms with Crippen molar-refractivity contribution in [1.82, 2.24) is 28.4 Å². The fourth-order valence-corrected chi connectivity index (χ4v) is 15.1. The highest BCUT2D eigenvalue weighted by atomic mass is 15.4. The monoisotopic (exact) mass is 1310 g/mol. The number of benzene rings is 7. The van der Waals surface area contributed by atoms with Crippen molar-refractivity contribution in [1.29, 1.82) is 0 Å². The first-order valence-electron chi connectivity index (χ1n) is 35.7. The van der Waals surface area contributed by atoms with Gasteiger partial charge in [-0.2, -0.15) is 0 Å². The van der Waals surface area contributed by atoms with E-state index in [1.165, 1.54) is 118 Å². The Morgan fingerprint density at radius 2 is 0.939 bits per heavy atom. The Labute approximate surface area is 590 Å². The summed E-state index contributed by atoms with van der Waals surface area (Å²) < 4.78 is 13.5. The molecule has 11 aromatic rings. The van der Waals surface area contributed by atoms with Crippen LogP contribution in [0.15, 0.2) is 183 Å². The number of fused-ring (bicyclic) bond motifs is 3. The van der Waals surface area contributed by atoms with Crippen molar-refractivity contribution < 1.29 is 9.25 Å². The number of hydrogen-bond donors (Lipinski definition) is 0. The summed E-state index contributed by atoms with van der Waals surface area (Å²) in [7, 11) is 4.29. The van der Waals surface area contributed by atoms with Crippen LogP contribution in [-0.4, -0.2) is 28.4 Å². The third kappa shape index (κ3) is 14.6. The number of nitrogens with zero attached hydrogens (tertiary/aromatic N) is 8. The van der Waals surface area contributed by atoms with Gasteiger partial charge in [0.2, 0.25) is 12.5 Å². The fraction of sp³-hybridized carbons (Fsp3) is 0.400. The summed E-state index contributed by atoms with van der Waals surface area (Å²) >= 11 is 0. The van der Waals surface area contributed by atoms with E-state index < -0.39 is 0 Å². The lowest BCUT2D eigenvalue weighted by Crippen LogP contribution is -2.51. The van der Waals surface area contributed by atoms with E-state index in [-0.39, 0.29) is 32.5 Å². The van der Waals surface area contributed by atoms with Crippen molar-refractivity contribution in [3.63, 3.8) is 0 Å². The van der Waals surface area contributed by atoms with Crippen LogP contribution < -0.4 is 9.25 Å². The molecule has 0 bridgehead atoms. The second kappa shape index (κ2) is 28.0. The molecule has 0 N–H and O–H groups in total. The van der Waals surface area contributed by atoms with E-state index >= 15 is 0 Å². The van der Waals surface area contributed by atoms with Crippen molar-refractivity contribution in [2.75, 3.05) is 0 Å². The molecule has 0 aliphatic carbocycles. The predicted molar refractivity (Wildman–Crippen MR) is 415 cm³/mol. The lowest BCUT2D eigenvalue weighted by Gasteiger charge is -2.47. The SMILES string of the molecule is Cc1c(-c2cn(-c3ccccc3)c[n+]2C)cccc1C(C)(C)C.Cc1c(-n2cc(-c3c(C(C)C)cccc3C(C)C)nc2C)cccc1C(C)(C)C.Cc1c(-n2ccnc2C)cccc1C(C)(C)C.Cc1c(C(C)(C)C)ccc2c1-n1c(c(-c3ccccc3)c[n+]1C)C(C)(C)C2(C)C. The van der Waals surface area contributed by atoms with Gasteiger partial charge in [-0.1, -0.05) is 260 Å². The van der Waals surface area contributed by atoms with E-state index in [2.05, 4.69) is 384 Å². The summed E-state index contributed by atoms with van der Waals surface area (Å²) in [5.74, 6) is 2.97. The van der Waals surface area contributed by atoms with Crippen molar-refractivity contribution in [2.24, 2.45) is 14.1 Å². The summed E-state index contributed by atoms with van der Waals surface area (Å²) in [4.78, 5) is 9.33. The lowest BCUT2D eigenvalue weighted by atomic mass is 9.59. The molecule has 0 radical (unpaired) electrons. The first-order chi connectivity index (χ1) is 45.7. The molecule has 0 saturated heterocycles. The van der Waals surface area contributed by atoms with Crippen LogP contribution >= 0.6 is 0 Å². The second-order valence-corrected chi connectivity index (χ2v) is 33.4. The average Bonchev–Trinajstić information content (AvgIpc) is 1.35. The van der Waals surface area contributed by atoms with Gasteiger partial charge >= 0.3 is 0 Å². The smallest absolute Gasteiger partial charge is 0.249 e. The van der Waals surface area contributed by atoms with Crippen molar-refractivity contribution in [3.05, 3.63) is 261 Å². The molecular weight excluding hydrogens is 1190 g/mol. The van der Waals surface area contributed by atoms with Crippen molar-refractivity contribution >= 4 is 0 Å². The van der Waals surface area contributed by atoms with E-state index in [1.807, 2.05) is 25.4 Å². The molecule has 0 unspecified atom stereocenters. The molecule has 514 valence electrons. The van der Waals surface area contributed by atoms with E-state index in [9.17, 15) is 0 Å². The number of hydrogen-bond acceptors (Lipinski definition) is 2. The Bertz CT molecular complexity index is 4590. The molecule has 0 spiro atoms. The van der Waals surface area contributed by atoms with Gasteiger partial charge in [-0.15, -0.1) is 9.36 Å². The van der Waals surface area contributed by atoms with Crippen LogP contribution in [0.3, 0.4) is 0 Å². The van der Waals surface area contributed by atoms with Crippen LogP contribution in [0, 0.1) is 41.5 Å². The number of imidazole rings is 3. The molecular formula is C90H116N8+2. The van der Waals surface area contributed by atoms with Gasteiger partial charge in [0.25, 0.3) is 0 Å². The lowest BCUT2D eigenvalue weighted by molar-refractivity contribution is -0.745. The Kier molecular flexibility index (Phi) is 21.0. The predicted octanol–water partition coefficient (Wildman–Crippen LogP) is 22.2. The van der Waals surface area contributed by atoms with Gasteiger partial charge in [-0.05, 0) is 166 Å². The van der Waals surface area contributed by atoms with Gasteiger partial charge in [0.15, 0.2) is 12.7 Å². The molecule has 0 fully saturated rings. The third-order valence-electron chi connectivity index (χ3n) is 21.0. The van der Waals surface area contributed by atoms with E-state index in [0.717, 1.165) is 17.3 Å². The van der Waals surface area contributed by atoms with Crippen LogP contribution in [0.25, 0.3) is 56.4 Å². The Hall–Kier alpha value is -8.62. The maximum Gasteiger partial charge on any atom is 0.249 e. The summed E-state index contributed by atoms with van der Waals surface area (Å²) in [6.07, 6.45) is 12.7. The Morgan fingerprint density at radius 1 is 0.459 bits per heavy atom. The topological polar surface area (TPSA) is 53.3 Å². The minimum Gasteiger partial charge on any atom is -0.304 e. The molecule has 12 rings (SSSR count). The molecule has 0 saturated carbocycles. The highest BCUT2D eigenvalue weighted by Crippen LogP contribution is 2.53. The van der Waals surface area contributed by atoms with Crippen LogP contribution in [-0.2, 0) is 46.6 Å². The quantitative estimate of drug-likeness (QED) is 0.142. The van der Waals surface area contributed by atoms with Crippen LogP contribution in [0.1, 0.15) is 229 Å². The standard InChI is InChI=1S/C27H35N2.C27H36N2.C21H25N2.C15H20N2/c1-18-21(25(2,3)4)15-16-22-23(18)29-24(27(7,8)26(22,5)6)20(17-28(29)9)19-13-11-10-12-14-19;1-17(2)21-12-10-13-22(18(3)4)26(21)24-16-29(20(6)28-24)25-15-11-14-23(19(25)5)27(7,8)9;1-16-18(12-9-13-19(16)21(2,3)4)20-14-23(15-22(20)5)17-10-7-6-8-11-17;1-11-13(15(3,4)5)7-6-8-14(11)17-10-9-16-12(17)2/h10-17H,1-9H3;10-18H,1-9H3;6-15H,1-5H3;6-10H,1-5H3/q+1;;+1;. The molecule has 7 aromatic carbocycles. The highest BCUT2D eigenvalue weighted by Gasteiger charge is 2.52. The maximum atomic E-state index is 5.04. The molecule has 8 nitrogen and oxygen atoms in total. The molecule has 4 aromatic heterocycles. The van der Waals surface area contributed by atoms with Crippen LogP contribution in [0.5, 0.6) is 0 Å². The molecule has 8 heteroatoms. The van der Waals surface area contributed by atoms with Crippen molar-refractivity contribution in [2.45, 2.75) is 224 Å². The number of aromatic nitrogens is 8. The number of para-hydroxylation sites is 1. The minimum absolute atomic E-state index is 0.00832. The molecule has 1 aliphatic heterocycles. The third-order valence-corrected chi connectivity index (χ3v) is 21.0. The Morgan fingerprint density at radius 3 is 1.44 bits per heavy atom. The van der Waals surface area contributed by atoms with Crippen LogP contribution in [0.4, 0.5) is 0 Å². The molecule has 0 atom stereocenters. The van der Waals surface area contributed by atoms with Gasteiger partial charge in [0, 0.05) is 51.9 Å². The Balaban J connectivity index is 0.000000156. The zero-order valence-corrected chi connectivity index (χ0v) is 65.1. The first-order valence-corrected chi connectivity index (χ1v) is 35.7. The van der Waals surface area contributed by atoms with Gasteiger partial charge in [-0.3, -0.25) is 0 Å². The summed E-state index contributed by atoms with van der Waals surface area (Å²) in [6.45, 7) is 59.1. The first kappa shape index (κ1) is 73.6. The van der Waals surface area contributed by atoms with Gasteiger partial charge < -0.3 is 9.13 Å². The van der Waals surface area contributed by atoms with Gasteiger partial charge in [0.1, 0.15) is 34.9 Å². The summed E-state index contributed by atoms with van der Waals surface area (Å²) in [6, 6.07) is 52.5. The number of rotatable bonds is 8. The maximum absolute atomic E-state index is 5.04. The molecule has 0 amide bonds. The largest absolute Gasteiger partial charge is 0.304 e. The fourth-order valence-electron chi connectivity index (χ4n) is 15.1. The van der Waals surface area contributed by atoms with Gasteiger partial charge in [0.05, 0.1) is 18.3 Å². The number of aryl methyl sites for hydroxylation is 4.